The van der Waals surface area contributed by atoms with E-state index in [9.17, 15) is 0 Å². The molecule has 0 aliphatic heterocycles. The van der Waals surface area contributed by atoms with Gasteiger partial charge in [-0.3, -0.25) is 0 Å². The zero-order valence-electron chi connectivity index (χ0n) is 8.72. The number of aryl methyl sites for hydroxylation is 2. The second kappa shape index (κ2) is 4.05. The van der Waals surface area contributed by atoms with Crippen molar-refractivity contribution in [2.24, 2.45) is 0 Å². The second-order valence-electron chi connectivity index (χ2n) is 3.66. The average molecular weight is 195 g/mol. The van der Waals surface area contributed by atoms with Gasteiger partial charge in [0.05, 0.1) is 0 Å². The Morgan fingerprint density at radius 2 is 1.85 bits per heavy atom. The first-order chi connectivity index (χ1) is 6.00. The minimum absolute atomic E-state index is 0.587. The summed E-state index contributed by atoms with van der Waals surface area (Å²) in [6.45, 7) is 8.53. The molecule has 0 amide bonds. The fourth-order valence-electron chi connectivity index (χ4n) is 1.29. The fourth-order valence-corrected chi connectivity index (χ4v) is 2.34. The Bertz CT molecular complexity index is 305. The van der Waals surface area contributed by atoms with Crippen LogP contribution in [0.15, 0.2) is 17.0 Å². The van der Waals surface area contributed by atoms with Gasteiger partial charge in [-0.1, -0.05) is 19.9 Å². The maximum absolute atomic E-state index is 5.98. The van der Waals surface area contributed by atoms with Crippen LogP contribution in [0.3, 0.4) is 0 Å². The van der Waals surface area contributed by atoms with Crippen LogP contribution in [-0.4, -0.2) is 5.25 Å². The van der Waals surface area contributed by atoms with Gasteiger partial charge in [0.2, 0.25) is 0 Å². The molecule has 0 unspecified atom stereocenters. The van der Waals surface area contributed by atoms with E-state index in [1.807, 2.05) is 11.8 Å². The lowest BCUT2D eigenvalue weighted by Gasteiger charge is -2.11. The summed E-state index contributed by atoms with van der Waals surface area (Å²) in [5.74, 6) is 0. The van der Waals surface area contributed by atoms with Gasteiger partial charge >= 0.3 is 0 Å². The zero-order valence-corrected chi connectivity index (χ0v) is 9.53. The number of nitrogen functional groups attached to an aromatic ring is 1. The lowest BCUT2D eigenvalue weighted by atomic mass is 10.1. The predicted molar refractivity (Wildman–Crippen MR) is 61.3 cm³/mol. The van der Waals surface area contributed by atoms with Crippen LogP contribution in [0, 0.1) is 13.8 Å². The molecule has 1 aromatic rings. The lowest BCUT2D eigenvalue weighted by Crippen LogP contribution is -1.96. The smallest absolute Gasteiger partial charge is 0.0482 e. The maximum atomic E-state index is 5.98. The Morgan fingerprint density at radius 3 is 2.38 bits per heavy atom. The molecular formula is C11H17NS. The molecule has 0 bridgehead atoms. The zero-order chi connectivity index (χ0) is 10.0. The van der Waals surface area contributed by atoms with Gasteiger partial charge in [0.25, 0.3) is 0 Å². The first-order valence-corrected chi connectivity index (χ1v) is 5.42. The van der Waals surface area contributed by atoms with E-state index in [4.69, 9.17) is 5.73 Å². The van der Waals surface area contributed by atoms with E-state index >= 15 is 0 Å². The van der Waals surface area contributed by atoms with Crippen LogP contribution < -0.4 is 5.73 Å². The van der Waals surface area contributed by atoms with Crippen LogP contribution in [0.25, 0.3) is 0 Å². The predicted octanol–water partition coefficient (Wildman–Crippen LogP) is 3.39. The summed E-state index contributed by atoms with van der Waals surface area (Å²) in [5.41, 5.74) is 9.38. The summed E-state index contributed by atoms with van der Waals surface area (Å²) in [5, 5.41) is 0.587. The first-order valence-electron chi connectivity index (χ1n) is 4.54. The highest BCUT2D eigenvalue weighted by atomic mass is 32.2. The third-order valence-electron chi connectivity index (χ3n) is 1.86. The highest BCUT2D eigenvalue weighted by molar-refractivity contribution is 8.00. The Morgan fingerprint density at radius 1 is 1.23 bits per heavy atom. The van der Waals surface area contributed by atoms with Crippen molar-refractivity contribution >= 4 is 17.4 Å². The number of nitrogens with two attached hydrogens (primary N) is 1. The fraction of sp³-hybridized carbons (Fsp3) is 0.455. The molecule has 1 nitrogen and oxygen atoms in total. The summed E-state index contributed by atoms with van der Waals surface area (Å²) < 4.78 is 0. The normalized spacial score (nSPS) is 10.8. The van der Waals surface area contributed by atoms with E-state index in [-0.39, 0.29) is 0 Å². The molecule has 1 aromatic carbocycles. The van der Waals surface area contributed by atoms with Crippen LogP contribution in [0.4, 0.5) is 5.69 Å². The van der Waals surface area contributed by atoms with Crippen LogP contribution in [0.5, 0.6) is 0 Å². The summed E-state index contributed by atoms with van der Waals surface area (Å²) in [4.78, 5) is 1.22. The molecule has 0 aliphatic rings. The molecular weight excluding hydrogens is 178 g/mol. The molecule has 0 aliphatic carbocycles. The largest absolute Gasteiger partial charge is 0.398 e. The molecule has 0 radical (unpaired) electrons. The molecule has 2 heteroatoms. The van der Waals surface area contributed by atoms with Gasteiger partial charge in [0, 0.05) is 15.8 Å². The number of rotatable bonds is 2. The molecule has 0 saturated carbocycles. The van der Waals surface area contributed by atoms with Crippen molar-refractivity contribution in [1.29, 1.82) is 0 Å². The number of thioether (sulfide) groups is 1. The first kappa shape index (κ1) is 10.5. The van der Waals surface area contributed by atoms with E-state index in [0.717, 1.165) is 5.69 Å². The van der Waals surface area contributed by atoms with Gasteiger partial charge in [-0.15, -0.1) is 11.8 Å². The second-order valence-corrected chi connectivity index (χ2v) is 5.28. The summed E-state index contributed by atoms with van der Waals surface area (Å²) in [7, 11) is 0. The monoisotopic (exact) mass is 195 g/mol. The molecule has 0 heterocycles. The van der Waals surface area contributed by atoms with Gasteiger partial charge in [-0.05, 0) is 31.0 Å². The van der Waals surface area contributed by atoms with Crippen LogP contribution in [0.2, 0.25) is 0 Å². The van der Waals surface area contributed by atoms with Crippen LogP contribution >= 0.6 is 11.8 Å². The maximum Gasteiger partial charge on any atom is 0.0482 e. The third kappa shape index (κ3) is 2.66. The van der Waals surface area contributed by atoms with Crippen molar-refractivity contribution in [3.63, 3.8) is 0 Å². The molecule has 0 saturated heterocycles. The standard InChI is InChI=1S/C11H17NS/c1-7(2)13-10-6-8(3)5-9(4)11(10)12/h5-7H,12H2,1-4H3. The van der Waals surface area contributed by atoms with E-state index in [0.29, 0.717) is 5.25 Å². The quantitative estimate of drug-likeness (QED) is 0.578. The molecule has 1 rings (SSSR count). The average Bonchev–Trinajstić information content (AvgIpc) is 1.98. The minimum atomic E-state index is 0.587. The van der Waals surface area contributed by atoms with E-state index in [1.165, 1.54) is 16.0 Å². The number of hydrogen-bond acceptors (Lipinski definition) is 2. The van der Waals surface area contributed by atoms with Crippen molar-refractivity contribution < 1.29 is 0 Å². The number of hydrogen-bond donors (Lipinski definition) is 1. The highest BCUT2D eigenvalue weighted by Crippen LogP contribution is 2.31. The third-order valence-corrected chi connectivity index (χ3v) is 2.92. The number of anilines is 1. The van der Waals surface area contributed by atoms with Crippen LogP contribution in [-0.2, 0) is 0 Å². The van der Waals surface area contributed by atoms with Crippen molar-refractivity contribution in [2.45, 2.75) is 37.8 Å². The topological polar surface area (TPSA) is 26.0 Å². The molecule has 2 N–H and O–H groups in total. The van der Waals surface area contributed by atoms with Crippen molar-refractivity contribution in [3.8, 4) is 0 Å². The molecule has 0 aromatic heterocycles. The lowest BCUT2D eigenvalue weighted by molar-refractivity contribution is 1.11. The summed E-state index contributed by atoms with van der Waals surface area (Å²) in [6.07, 6.45) is 0. The molecule has 0 atom stereocenters. The van der Waals surface area contributed by atoms with Crippen molar-refractivity contribution in [3.05, 3.63) is 23.3 Å². The van der Waals surface area contributed by atoms with E-state index < -0.39 is 0 Å². The number of benzene rings is 1. The molecule has 72 valence electrons. The van der Waals surface area contributed by atoms with Gasteiger partial charge in [-0.2, -0.15) is 0 Å². The Balaban J connectivity index is 3.05. The van der Waals surface area contributed by atoms with Gasteiger partial charge in [0.15, 0.2) is 0 Å². The van der Waals surface area contributed by atoms with Crippen molar-refractivity contribution in [2.75, 3.05) is 5.73 Å². The highest BCUT2D eigenvalue weighted by Gasteiger charge is 2.05. The summed E-state index contributed by atoms with van der Waals surface area (Å²) >= 11 is 1.83. The van der Waals surface area contributed by atoms with E-state index in [2.05, 4.69) is 39.8 Å². The van der Waals surface area contributed by atoms with Gasteiger partial charge < -0.3 is 5.73 Å². The van der Waals surface area contributed by atoms with Gasteiger partial charge in [0.1, 0.15) is 0 Å². The van der Waals surface area contributed by atoms with Gasteiger partial charge in [-0.25, -0.2) is 0 Å². The van der Waals surface area contributed by atoms with E-state index in [1.54, 1.807) is 0 Å². The molecule has 13 heavy (non-hydrogen) atoms. The SMILES string of the molecule is Cc1cc(C)c(N)c(SC(C)C)c1. The molecule has 0 fully saturated rings. The van der Waals surface area contributed by atoms with Crippen molar-refractivity contribution in [1.82, 2.24) is 0 Å². The Kier molecular flexibility index (Phi) is 3.26. The molecule has 0 spiro atoms. The van der Waals surface area contributed by atoms with Crippen LogP contribution in [0.1, 0.15) is 25.0 Å². The summed E-state index contributed by atoms with van der Waals surface area (Å²) in [6, 6.07) is 4.28. The Labute approximate surface area is 84.7 Å². The minimum Gasteiger partial charge on any atom is -0.398 e. The Hall–Kier alpha value is -0.630.